The third kappa shape index (κ3) is 4.44. The van der Waals surface area contributed by atoms with Crippen molar-refractivity contribution in [1.82, 2.24) is 15.5 Å². The summed E-state index contributed by atoms with van der Waals surface area (Å²) in [5.41, 5.74) is 1.52. The average molecular weight is 394 g/mol. The van der Waals surface area contributed by atoms with Gasteiger partial charge in [-0.05, 0) is 30.5 Å². The maximum absolute atomic E-state index is 13.1. The molecule has 3 N–H and O–H groups in total. The van der Waals surface area contributed by atoms with Crippen LogP contribution in [0.15, 0.2) is 64.0 Å². The summed E-state index contributed by atoms with van der Waals surface area (Å²) in [4.78, 5) is 27.1. The van der Waals surface area contributed by atoms with Gasteiger partial charge in [0.25, 0.3) is 0 Å². The molecule has 29 heavy (non-hydrogen) atoms. The van der Waals surface area contributed by atoms with Crippen LogP contribution in [-0.4, -0.2) is 28.7 Å². The number of aromatic amines is 1. The van der Waals surface area contributed by atoms with Crippen LogP contribution in [0.1, 0.15) is 35.5 Å². The summed E-state index contributed by atoms with van der Waals surface area (Å²) in [7, 11) is 0. The Morgan fingerprint density at radius 3 is 2.76 bits per heavy atom. The Morgan fingerprint density at radius 2 is 2.07 bits per heavy atom. The van der Waals surface area contributed by atoms with Crippen LogP contribution in [0.2, 0.25) is 0 Å². The van der Waals surface area contributed by atoms with Gasteiger partial charge in [0.15, 0.2) is 5.82 Å². The molecule has 1 aliphatic heterocycles. The lowest BCUT2D eigenvalue weighted by Gasteiger charge is -2.26. The number of carbonyl (C=O) groups is 1. The highest BCUT2D eigenvalue weighted by atomic mass is 16.5. The van der Waals surface area contributed by atoms with E-state index in [-0.39, 0.29) is 23.6 Å². The minimum atomic E-state index is -0.606. The van der Waals surface area contributed by atoms with Crippen molar-refractivity contribution in [3.63, 3.8) is 0 Å². The van der Waals surface area contributed by atoms with E-state index in [9.17, 15) is 9.59 Å². The number of carbonyl (C=O) groups excluding carboxylic acids is 1. The van der Waals surface area contributed by atoms with Crippen LogP contribution in [0, 0.1) is 6.92 Å². The number of amides is 1. The summed E-state index contributed by atoms with van der Waals surface area (Å²) >= 11 is 0. The first kappa shape index (κ1) is 19.1. The van der Waals surface area contributed by atoms with Crippen LogP contribution in [0.25, 0.3) is 0 Å². The second-order valence-electron chi connectivity index (χ2n) is 7.00. The lowest BCUT2D eigenvalue weighted by molar-refractivity contribution is -0.118. The predicted molar refractivity (Wildman–Crippen MR) is 106 cm³/mol. The van der Waals surface area contributed by atoms with Gasteiger partial charge < -0.3 is 19.6 Å². The second-order valence-corrected chi connectivity index (χ2v) is 7.00. The van der Waals surface area contributed by atoms with Gasteiger partial charge in [0.2, 0.25) is 11.5 Å². The van der Waals surface area contributed by atoms with Gasteiger partial charge in [-0.25, -0.2) is 0 Å². The summed E-state index contributed by atoms with van der Waals surface area (Å²) in [6.07, 6.45) is 2.13. The molecule has 8 nitrogen and oxygen atoms in total. The number of anilines is 1. The molecular weight excluding hydrogens is 372 g/mol. The Hall–Kier alpha value is -3.23. The van der Waals surface area contributed by atoms with Gasteiger partial charge in [0.1, 0.15) is 11.8 Å². The zero-order valence-electron chi connectivity index (χ0n) is 15.9. The Morgan fingerprint density at radius 1 is 1.24 bits per heavy atom. The molecule has 3 aromatic rings. The van der Waals surface area contributed by atoms with E-state index in [4.69, 9.17) is 9.26 Å². The molecule has 0 radical (unpaired) electrons. The minimum Gasteiger partial charge on any atom is -0.372 e. The van der Waals surface area contributed by atoms with E-state index >= 15 is 0 Å². The number of benzene rings is 1. The van der Waals surface area contributed by atoms with Crippen molar-refractivity contribution in [2.75, 3.05) is 11.9 Å². The Labute approximate surface area is 167 Å². The molecule has 0 bridgehead atoms. The molecular formula is C21H22N4O4. The third-order valence-corrected chi connectivity index (χ3v) is 4.88. The highest BCUT2D eigenvalue weighted by Gasteiger charge is 2.34. The van der Waals surface area contributed by atoms with E-state index in [1.165, 1.54) is 6.07 Å². The third-order valence-electron chi connectivity index (χ3n) is 4.88. The van der Waals surface area contributed by atoms with Crippen LogP contribution in [0.5, 0.6) is 0 Å². The maximum atomic E-state index is 13.1. The number of rotatable bonds is 6. The fourth-order valence-electron chi connectivity index (χ4n) is 3.49. The zero-order valence-corrected chi connectivity index (χ0v) is 15.9. The van der Waals surface area contributed by atoms with Crippen molar-refractivity contribution < 1.29 is 14.1 Å². The molecule has 1 amide bonds. The number of nitrogens with zero attached hydrogens (tertiary/aromatic N) is 1. The summed E-state index contributed by atoms with van der Waals surface area (Å²) in [5.74, 6) is 0.749. The first-order valence-corrected chi connectivity index (χ1v) is 9.45. The first-order chi connectivity index (χ1) is 14.1. The molecule has 1 fully saturated rings. The van der Waals surface area contributed by atoms with Crippen LogP contribution in [0.3, 0.4) is 0 Å². The summed E-state index contributed by atoms with van der Waals surface area (Å²) in [5, 5.41) is 10.1. The molecule has 150 valence electrons. The fraction of sp³-hybridized carbons (Fsp3) is 0.286. The zero-order chi connectivity index (χ0) is 20.2. The monoisotopic (exact) mass is 394 g/mol. The van der Waals surface area contributed by atoms with Crippen LogP contribution in [-0.2, 0) is 9.53 Å². The smallest absolute Gasteiger partial charge is 0.247 e. The van der Waals surface area contributed by atoms with E-state index in [0.29, 0.717) is 18.2 Å². The van der Waals surface area contributed by atoms with E-state index in [1.807, 2.05) is 30.3 Å². The lowest BCUT2D eigenvalue weighted by atomic mass is 9.99. The first-order valence-electron chi connectivity index (χ1n) is 9.45. The van der Waals surface area contributed by atoms with Crippen molar-refractivity contribution in [2.24, 2.45) is 0 Å². The van der Waals surface area contributed by atoms with Gasteiger partial charge in [-0.15, -0.1) is 0 Å². The van der Waals surface area contributed by atoms with E-state index in [0.717, 1.165) is 17.5 Å². The molecule has 2 aromatic heterocycles. The topological polar surface area (TPSA) is 109 Å². The van der Waals surface area contributed by atoms with Gasteiger partial charge in [0, 0.05) is 31.0 Å². The van der Waals surface area contributed by atoms with Crippen molar-refractivity contribution in [1.29, 1.82) is 0 Å². The SMILES string of the molecule is Cc1cc(NC(=O)C(N[C@@H]2CCO[C@H]2c2ccc(=O)[nH]c2)c2ccccc2)no1. The van der Waals surface area contributed by atoms with Gasteiger partial charge in [-0.2, -0.15) is 0 Å². The number of nitrogens with one attached hydrogen (secondary N) is 3. The molecule has 3 atom stereocenters. The quantitative estimate of drug-likeness (QED) is 0.593. The Kier molecular flexibility index (Phi) is 5.55. The Balaban J connectivity index is 1.56. The number of aromatic nitrogens is 2. The van der Waals surface area contributed by atoms with Crippen molar-refractivity contribution >= 4 is 11.7 Å². The molecule has 1 aromatic carbocycles. The average Bonchev–Trinajstić information content (AvgIpc) is 3.36. The number of pyridine rings is 1. The molecule has 0 aliphatic carbocycles. The molecule has 1 aliphatic rings. The number of hydrogen-bond acceptors (Lipinski definition) is 6. The Bertz CT molecular complexity index is 1010. The van der Waals surface area contributed by atoms with Gasteiger partial charge in [-0.3, -0.25) is 14.9 Å². The molecule has 8 heteroatoms. The van der Waals surface area contributed by atoms with Gasteiger partial charge >= 0.3 is 0 Å². The summed E-state index contributed by atoms with van der Waals surface area (Å²) < 4.78 is 10.9. The predicted octanol–water partition coefficient (Wildman–Crippen LogP) is 2.47. The van der Waals surface area contributed by atoms with E-state index < -0.39 is 6.04 Å². The second kappa shape index (κ2) is 8.42. The largest absolute Gasteiger partial charge is 0.372 e. The summed E-state index contributed by atoms with van der Waals surface area (Å²) in [6, 6.07) is 13.7. The van der Waals surface area contributed by atoms with Crippen molar-refractivity contribution in [3.8, 4) is 0 Å². The van der Waals surface area contributed by atoms with Crippen LogP contribution in [0.4, 0.5) is 5.82 Å². The molecule has 0 saturated carbocycles. The normalized spacial score (nSPS) is 19.8. The number of ether oxygens (including phenoxy) is 1. The highest BCUT2D eigenvalue weighted by molar-refractivity contribution is 5.94. The molecule has 0 spiro atoms. The highest BCUT2D eigenvalue weighted by Crippen LogP contribution is 2.30. The fourth-order valence-corrected chi connectivity index (χ4v) is 3.49. The molecule has 1 saturated heterocycles. The number of H-pyrrole nitrogens is 1. The molecule has 3 heterocycles. The molecule has 1 unspecified atom stereocenters. The standard InChI is InChI=1S/C21H22N4O4/c1-13-11-17(25-29-13)24-21(27)19(14-5-3-2-4-6-14)23-16-9-10-28-20(16)15-7-8-18(26)22-12-15/h2-8,11-12,16,19-20,23H,9-10H2,1H3,(H,22,26)(H,24,25,27)/t16-,19?,20+/m1/s1. The lowest BCUT2D eigenvalue weighted by Crippen LogP contribution is -2.41. The van der Waals surface area contributed by atoms with Gasteiger partial charge in [-0.1, -0.05) is 35.5 Å². The van der Waals surface area contributed by atoms with E-state index in [2.05, 4.69) is 20.8 Å². The van der Waals surface area contributed by atoms with Crippen LogP contribution < -0.4 is 16.2 Å². The minimum absolute atomic E-state index is 0.101. The van der Waals surface area contributed by atoms with E-state index in [1.54, 1.807) is 25.3 Å². The van der Waals surface area contributed by atoms with Crippen molar-refractivity contribution in [3.05, 3.63) is 82.0 Å². The summed E-state index contributed by atoms with van der Waals surface area (Å²) in [6.45, 7) is 2.33. The number of hydrogen-bond donors (Lipinski definition) is 3. The van der Waals surface area contributed by atoms with Gasteiger partial charge in [0.05, 0.1) is 6.10 Å². The van der Waals surface area contributed by atoms with Crippen molar-refractivity contribution in [2.45, 2.75) is 31.5 Å². The molecule has 4 rings (SSSR count). The maximum Gasteiger partial charge on any atom is 0.247 e. The number of aryl methyl sites for hydroxylation is 1. The van der Waals surface area contributed by atoms with Crippen LogP contribution >= 0.6 is 0 Å².